The fourth-order valence-corrected chi connectivity index (χ4v) is 3.04. The largest absolute Gasteiger partial charge is 0.0654 e. The summed E-state index contributed by atoms with van der Waals surface area (Å²) in [7, 11) is 0. The number of rotatable bonds is 3. The van der Waals surface area contributed by atoms with E-state index in [2.05, 4.69) is 50.2 Å². The first kappa shape index (κ1) is 11.5. The van der Waals surface area contributed by atoms with Gasteiger partial charge in [-0.15, -0.1) is 0 Å². The molecule has 0 saturated carbocycles. The van der Waals surface area contributed by atoms with Crippen LogP contribution in [0.1, 0.15) is 42.0 Å². The Labute approximate surface area is 110 Å². The van der Waals surface area contributed by atoms with Gasteiger partial charge < -0.3 is 0 Å². The molecule has 0 heterocycles. The molecule has 1 aliphatic rings. The number of benzene rings is 2. The van der Waals surface area contributed by atoms with Crippen molar-refractivity contribution in [1.29, 1.82) is 0 Å². The molecule has 1 aliphatic carbocycles. The zero-order chi connectivity index (χ0) is 12.5. The molecule has 2 aromatic carbocycles. The third-order valence-corrected chi connectivity index (χ3v) is 4.00. The Morgan fingerprint density at radius 1 is 1.06 bits per heavy atom. The van der Waals surface area contributed by atoms with Gasteiger partial charge in [0.1, 0.15) is 0 Å². The van der Waals surface area contributed by atoms with Crippen LogP contribution >= 0.6 is 0 Å². The Balaban J connectivity index is 2.00. The minimum absolute atomic E-state index is 1.12. The van der Waals surface area contributed by atoms with Gasteiger partial charge in [-0.05, 0) is 59.6 Å². The van der Waals surface area contributed by atoms with Gasteiger partial charge in [-0.25, -0.2) is 0 Å². The van der Waals surface area contributed by atoms with Crippen molar-refractivity contribution in [2.24, 2.45) is 0 Å². The predicted molar refractivity (Wildman–Crippen MR) is 78.0 cm³/mol. The maximum absolute atomic E-state index is 2.42. The zero-order valence-electron chi connectivity index (χ0n) is 11.3. The third-order valence-electron chi connectivity index (χ3n) is 4.00. The lowest BCUT2D eigenvalue weighted by molar-refractivity contribution is 0.794. The number of unbranched alkanes of at least 4 members (excludes halogenated alkanes) is 1. The molecule has 0 radical (unpaired) electrons. The van der Waals surface area contributed by atoms with Crippen LogP contribution in [0, 0.1) is 6.92 Å². The minimum Gasteiger partial charge on any atom is -0.0654 e. The molecular weight excluding hydrogens is 216 g/mol. The molecule has 18 heavy (non-hydrogen) atoms. The van der Waals surface area contributed by atoms with Gasteiger partial charge in [-0.3, -0.25) is 0 Å². The van der Waals surface area contributed by atoms with Crippen LogP contribution in [0.3, 0.4) is 0 Å². The molecule has 0 unspecified atom stereocenters. The van der Waals surface area contributed by atoms with Gasteiger partial charge in [0, 0.05) is 0 Å². The molecule has 0 atom stereocenters. The molecule has 0 saturated heterocycles. The van der Waals surface area contributed by atoms with Gasteiger partial charge in [-0.2, -0.15) is 0 Å². The normalized spacial score (nSPS) is 12.3. The first-order chi connectivity index (χ1) is 8.79. The molecule has 2 aromatic rings. The monoisotopic (exact) mass is 236 g/mol. The molecule has 92 valence electrons. The second kappa shape index (κ2) is 4.61. The van der Waals surface area contributed by atoms with Gasteiger partial charge in [0.2, 0.25) is 0 Å². The summed E-state index contributed by atoms with van der Waals surface area (Å²) in [5.74, 6) is 0. The summed E-state index contributed by atoms with van der Waals surface area (Å²) >= 11 is 0. The summed E-state index contributed by atoms with van der Waals surface area (Å²) in [6.45, 7) is 4.48. The van der Waals surface area contributed by atoms with Crippen LogP contribution in [0.5, 0.6) is 0 Å². The SMILES string of the molecule is CCCCc1ccc2c(c1)Cc1cccc(C)c1-2. The van der Waals surface area contributed by atoms with Crippen molar-refractivity contribution in [3.63, 3.8) is 0 Å². The van der Waals surface area contributed by atoms with E-state index in [0.29, 0.717) is 0 Å². The summed E-state index contributed by atoms with van der Waals surface area (Å²) < 4.78 is 0. The molecule has 0 spiro atoms. The minimum atomic E-state index is 1.12. The number of fused-ring (bicyclic) bond motifs is 3. The molecule has 0 N–H and O–H groups in total. The van der Waals surface area contributed by atoms with E-state index in [4.69, 9.17) is 0 Å². The molecule has 0 fully saturated rings. The van der Waals surface area contributed by atoms with Gasteiger partial charge in [0.15, 0.2) is 0 Å². The van der Waals surface area contributed by atoms with E-state index in [-0.39, 0.29) is 0 Å². The van der Waals surface area contributed by atoms with Crippen molar-refractivity contribution >= 4 is 0 Å². The maximum atomic E-state index is 2.42. The summed E-state index contributed by atoms with van der Waals surface area (Å²) in [6, 6.07) is 13.7. The van der Waals surface area contributed by atoms with E-state index in [1.54, 1.807) is 0 Å². The van der Waals surface area contributed by atoms with E-state index in [1.165, 1.54) is 52.6 Å². The molecule has 0 aliphatic heterocycles. The van der Waals surface area contributed by atoms with Gasteiger partial charge >= 0.3 is 0 Å². The maximum Gasteiger partial charge on any atom is -0.00133 e. The highest BCUT2D eigenvalue weighted by molar-refractivity contribution is 5.79. The highest BCUT2D eigenvalue weighted by Crippen LogP contribution is 2.39. The van der Waals surface area contributed by atoms with E-state index in [0.717, 1.165) is 6.42 Å². The Morgan fingerprint density at radius 3 is 2.78 bits per heavy atom. The Kier molecular flexibility index (Phi) is 2.95. The zero-order valence-corrected chi connectivity index (χ0v) is 11.3. The average molecular weight is 236 g/mol. The van der Waals surface area contributed by atoms with Crippen molar-refractivity contribution < 1.29 is 0 Å². The Bertz CT molecular complexity index is 579. The summed E-state index contributed by atoms with van der Waals surface area (Å²) in [4.78, 5) is 0. The van der Waals surface area contributed by atoms with Crippen LogP contribution in [0.2, 0.25) is 0 Å². The molecule has 0 bridgehead atoms. The first-order valence-corrected chi connectivity index (χ1v) is 7.00. The van der Waals surface area contributed by atoms with Crippen molar-refractivity contribution in [2.75, 3.05) is 0 Å². The van der Waals surface area contributed by atoms with E-state index < -0.39 is 0 Å². The molecule has 3 rings (SSSR count). The molecular formula is C18H20. The number of hydrogen-bond acceptors (Lipinski definition) is 0. The predicted octanol–water partition coefficient (Wildman–Crippen LogP) is 4.91. The standard InChI is InChI=1S/C18H20/c1-3-4-7-14-9-10-17-16(11-14)12-15-8-5-6-13(2)18(15)17/h5-6,8-11H,3-4,7,12H2,1-2H3. The van der Waals surface area contributed by atoms with E-state index in [9.17, 15) is 0 Å². The topological polar surface area (TPSA) is 0 Å². The van der Waals surface area contributed by atoms with Crippen molar-refractivity contribution in [3.8, 4) is 11.1 Å². The highest BCUT2D eigenvalue weighted by Gasteiger charge is 2.19. The Hall–Kier alpha value is -1.56. The van der Waals surface area contributed by atoms with E-state index >= 15 is 0 Å². The van der Waals surface area contributed by atoms with Crippen LogP contribution in [0.15, 0.2) is 36.4 Å². The lowest BCUT2D eigenvalue weighted by Crippen LogP contribution is -1.88. The fraction of sp³-hybridized carbons (Fsp3) is 0.333. The molecule has 0 heteroatoms. The highest BCUT2D eigenvalue weighted by atomic mass is 14.2. The van der Waals surface area contributed by atoms with Crippen LogP contribution in [0.4, 0.5) is 0 Å². The molecule has 0 nitrogen and oxygen atoms in total. The first-order valence-electron chi connectivity index (χ1n) is 7.00. The van der Waals surface area contributed by atoms with Gasteiger partial charge in [-0.1, -0.05) is 49.7 Å². The van der Waals surface area contributed by atoms with Crippen LogP contribution in [-0.2, 0) is 12.8 Å². The van der Waals surface area contributed by atoms with Crippen molar-refractivity contribution in [2.45, 2.75) is 39.5 Å². The van der Waals surface area contributed by atoms with E-state index in [1.807, 2.05) is 0 Å². The summed E-state index contributed by atoms with van der Waals surface area (Å²) in [5.41, 5.74) is 8.87. The summed E-state index contributed by atoms with van der Waals surface area (Å²) in [5, 5.41) is 0. The van der Waals surface area contributed by atoms with Gasteiger partial charge in [0.25, 0.3) is 0 Å². The Morgan fingerprint density at radius 2 is 1.94 bits per heavy atom. The molecule has 0 aromatic heterocycles. The van der Waals surface area contributed by atoms with Crippen LogP contribution < -0.4 is 0 Å². The second-order valence-corrected chi connectivity index (χ2v) is 5.38. The average Bonchev–Trinajstić information content (AvgIpc) is 2.75. The lowest BCUT2D eigenvalue weighted by Gasteiger charge is -2.06. The molecule has 0 amide bonds. The second-order valence-electron chi connectivity index (χ2n) is 5.38. The summed E-state index contributed by atoms with van der Waals surface area (Å²) in [6.07, 6.45) is 4.91. The third kappa shape index (κ3) is 1.86. The number of aryl methyl sites for hydroxylation is 2. The van der Waals surface area contributed by atoms with Gasteiger partial charge in [0.05, 0.1) is 0 Å². The lowest BCUT2D eigenvalue weighted by atomic mass is 9.98. The van der Waals surface area contributed by atoms with Crippen molar-refractivity contribution in [1.82, 2.24) is 0 Å². The fourth-order valence-electron chi connectivity index (χ4n) is 3.04. The van der Waals surface area contributed by atoms with Crippen LogP contribution in [0.25, 0.3) is 11.1 Å². The smallest absolute Gasteiger partial charge is 0.00133 e. The van der Waals surface area contributed by atoms with Crippen LogP contribution in [-0.4, -0.2) is 0 Å². The van der Waals surface area contributed by atoms with Crippen molar-refractivity contribution in [3.05, 3.63) is 58.7 Å². The quantitative estimate of drug-likeness (QED) is 0.606. The number of hydrogen-bond donors (Lipinski definition) is 0.